The fraction of sp³-hybridized carbons (Fsp3) is 0.381. The first-order chi connectivity index (χ1) is 11.6. The van der Waals surface area contributed by atoms with Crippen LogP contribution in [-0.4, -0.2) is 19.6 Å². The first kappa shape index (κ1) is 18.1. The monoisotopic (exact) mass is 325 g/mol. The van der Waals surface area contributed by atoms with Crippen molar-refractivity contribution in [3.05, 3.63) is 64.7 Å². The number of rotatable bonds is 8. The van der Waals surface area contributed by atoms with Crippen LogP contribution >= 0.6 is 0 Å². The van der Waals surface area contributed by atoms with Crippen LogP contribution in [-0.2, 0) is 17.6 Å². The number of nitrogens with one attached hydrogen (secondary N) is 1. The van der Waals surface area contributed by atoms with E-state index in [2.05, 4.69) is 37.4 Å². The molecule has 3 heteroatoms. The van der Waals surface area contributed by atoms with Crippen molar-refractivity contribution in [3.63, 3.8) is 0 Å². The highest BCUT2D eigenvalue weighted by Crippen LogP contribution is 2.14. The van der Waals surface area contributed by atoms with E-state index in [1.165, 1.54) is 16.7 Å². The minimum atomic E-state index is 0.110. The fourth-order valence-electron chi connectivity index (χ4n) is 2.81. The van der Waals surface area contributed by atoms with Crippen molar-refractivity contribution < 1.29 is 9.53 Å². The molecule has 0 unspecified atom stereocenters. The number of benzene rings is 2. The Labute approximate surface area is 145 Å². The molecule has 1 N–H and O–H groups in total. The van der Waals surface area contributed by atoms with Gasteiger partial charge in [-0.25, -0.2) is 0 Å². The first-order valence-corrected chi connectivity index (χ1v) is 8.54. The molecule has 2 aromatic rings. The highest BCUT2D eigenvalue weighted by molar-refractivity contribution is 5.76. The summed E-state index contributed by atoms with van der Waals surface area (Å²) in [5.41, 5.74) is 5.12. The van der Waals surface area contributed by atoms with E-state index in [9.17, 15) is 4.79 Å². The molecule has 0 atom stereocenters. The third-order valence-corrected chi connectivity index (χ3v) is 4.22. The Morgan fingerprint density at radius 1 is 1.08 bits per heavy atom. The molecular weight excluding hydrogens is 298 g/mol. The third-order valence-electron chi connectivity index (χ3n) is 4.22. The van der Waals surface area contributed by atoms with Crippen molar-refractivity contribution in [2.45, 2.75) is 39.5 Å². The lowest BCUT2D eigenvalue weighted by Gasteiger charge is -2.08. The second-order valence-corrected chi connectivity index (χ2v) is 6.23. The molecular formula is C21H27NO2. The van der Waals surface area contributed by atoms with Gasteiger partial charge >= 0.3 is 0 Å². The highest BCUT2D eigenvalue weighted by Gasteiger charge is 2.04. The molecule has 0 bridgehead atoms. The van der Waals surface area contributed by atoms with Gasteiger partial charge < -0.3 is 10.1 Å². The van der Waals surface area contributed by atoms with E-state index in [4.69, 9.17) is 4.74 Å². The van der Waals surface area contributed by atoms with E-state index < -0.39 is 0 Å². The molecule has 3 nitrogen and oxygen atoms in total. The highest BCUT2D eigenvalue weighted by atomic mass is 16.5. The van der Waals surface area contributed by atoms with E-state index in [1.54, 1.807) is 7.11 Å². The number of amides is 1. The Kier molecular flexibility index (Phi) is 6.86. The fourth-order valence-corrected chi connectivity index (χ4v) is 2.81. The predicted molar refractivity (Wildman–Crippen MR) is 98.6 cm³/mol. The van der Waals surface area contributed by atoms with Gasteiger partial charge in [0, 0.05) is 13.0 Å². The molecule has 24 heavy (non-hydrogen) atoms. The smallest absolute Gasteiger partial charge is 0.220 e. The van der Waals surface area contributed by atoms with Gasteiger partial charge in [-0.15, -0.1) is 0 Å². The summed E-state index contributed by atoms with van der Waals surface area (Å²) in [5.74, 6) is 0.944. The number of hydrogen-bond donors (Lipinski definition) is 1. The van der Waals surface area contributed by atoms with E-state index in [-0.39, 0.29) is 5.91 Å². The zero-order chi connectivity index (χ0) is 17.4. The molecule has 0 heterocycles. The Morgan fingerprint density at radius 3 is 2.67 bits per heavy atom. The van der Waals surface area contributed by atoms with Gasteiger partial charge in [0.15, 0.2) is 0 Å². The SMILES string of the molecule is COc1cccc(CCC(=O)NCCCc2ccc(C)cc2C)c1. The van der Waals surface area contributed by atoms with Crippen molar-refractivity contribution in [1.29, 1.82) is 0 Å². The summed E-state index contributed by atoms with van der Waals surface area (Å²) in [6.07, 6.45) is 3.22. The maximum Gasteiger partial charge on any atom is 0.220 e. The number of ether oxygens (including phenoxy) is 1. The number of methoxy groups -OCH3 is 1. The van der Waals surface area contributed by atoms with Gasteiger partial charge in [-0.05, 0) is 61.9 Å². The molecule has 0 aliphatic carbocycles. The summed E-state index contributed by atoms with van der Waals surface area (Å²) >= 11 is 0. The third kappa shape index (κ3) is 5.73. The van der Waals surface area contributed by atoms with Crippen LogP contribution in [0, 0.1) is 13.8 Å². The number of carbonyl (C=O) groups is 1. The topological polar surface area (TPSA) is 38.3 Å². The van der Waals surface area contributed by atoms with Crippen molar-refractivity contribution >= 4 is 5.91 Å². The van der Waals surface area contributed by atoms with Crippen LogP contribution in [0.5, 0.6) is 5.75 Å². The lowest BCUT2D eigenvalue weighted by atomic mass is 10.0. The van der Waals surface area contributed by atoms with Gasteiger partial charge in [-0.3, -0.25) is 4.79 Å². The minimum Gasteiger partial charge on any atom is -0.497 e. The predicted octanol–water partition coefficient (Wildman–Crippen LogP) is 3.99. The quantitative estimate of drug-likeness (QED) is 0.745. The van der Waals surface area contributed by atoms with Crippen LogP contribution in [0.25, 0.3) is 0 Å². The largest absolute Gasteiger partial charge is 0.497 e. The van der Waals surface area contributed by atoms with Crippen LogP contribution < -0.4 is 10.1 Å². The number of hydrogen-bond acceptors (Lipinski definition) is 2. The lowest BCUT2D eigenvalue weighted by molar-refractivity contribution is -0.121. The molecule has 128 valence electrons. The van der Waals surface area contributed by atoms with Gasteiger partial charge in [0.25, 0.3) is 0 Å². The Hall–Kier alpha value is -2.29. The van der Waals surface area contributed by atoms with Crippen molar-refractivity contribution in [3.8, 4) is 5.75 Å². The van der Waals surface area contributed by atoms with Gasteiger partial charge in [-0.2, -0.15) is 0 Å². The lowest BCUT2D eigenvalue weighted by Crippen LogP contribution is -2.25. The molecule has 0 fully saturated rings. The molecule has 0 aromatic heterocycles. The van der Waals surface area contributed by atoms with Crippen molar-refractivity contribution in [2.75, 3.05) is 13.7 Å². The summed E-state index contributed by atoms with van der Waals surface area (Å²) in [7, 11) is 1.65. The van der Waals surface area contributed by atoms with Crippen molar-refractivity contribution in [1.82, 2.24) is 5.32 Å². The van der Waals surface area contributed by atoms with Crippen molar-refractivity contribution in [2.24, 2.45) is 0 Å². The van der Waals surface area contributed by atoms with Crippen LogP contribution in [0.1, 0.15) is 35.1 Å². The van der Waals surface area contributed by atoms with Gasteiger partial charge in [0.1, 0.15) is 5.75 Å². The first-order valence-electron chi connectivity index (χ1n) is 8.54. The van der Waals surface area contributed by atoms with Gasteiger partial charge in [-0.1, -0.05) is 35.9 Å². The van der Waals surface area contributed by atoms with Gasteiger partial charge in [0.05, 0.1) is 7.11 Å². The Balaban J connectivity index is 1.67. The molecule has 0 saturated heterocycles. The minimum absolute atomic E-state index is 0.110. The number of aryl methyl sites for hydroxylation is 4. The van der Waals surface area contributed by atoms with Crippen LogP contribution in [0.4, 0.5) is 0 Å². The van der Waals surface area contributed by atoms with E-state index in [0.717, 1.165) is 37.1 Å². The van der Waals surface area contributed by atoms with E-state index >= 15 is 0 Å². The van der Waals surface area contributed by atoms with Crippen LogP contribution in [0.2, 0.25) is 0 Å². The Bertz CT molecular complexity index is 679. The summed E-state index contributed by atoms with van der Waals surface area (Å²) in [5, 5.41) is 3.01. The maximum atomic E-state index is 12.0. The molecule has 1 amide bonds. The normalized spacial score (nSPS) is 10.5. The standard InChI is InChI=1S/C21H27NO2/c1-16-9-11-19(17(2)14-16)7-5-13-22-21(23)12-10-18-6-4-8-20(15-18)24-3/h4,6,8-9,11,14-15H,5,7,10,12-13H2,1-3H3,(H,22,23). The average Bonchev–Trinajstić information content (AvgIpc) is 2.58. The zero-order valence-electron chi connectivity index (χ0n) is 14.9. The number of carbonyl (C=O) groups excluding carboxylic acids is 1. The zero-order valence-corrected chi connectivity index (χ0v) is 14.9. The summed E-state index contributed by atoms with van der Waals surface area (Å²) < 4.78 is 5.20. The van der Waals surface area contributed by atoms with Crippen LogP contribution in [0.3, 0.4) is 0 Å². The summed E-state index contributed by atoms with van der Waals surface area (Å²) in [4.78, 5) is 12.0. The molecule has 2 rings (SSSR count). The molecule has 0 spiro atoms. The second kappa shape index (κ2) is 9.11. The van der Waals surface area contributed by atoms with E-state index in [0.29, 0.717) is 6.42 Å². The average molecular weight is 325 g/mol. The molecule has 0 aliphatic heterocycles. The summed E-state index contributed by atoms with van der Waals surface area (Å²) in [6.45, 7) is 4.98. The molecule has 0 radical (unpaired) electrons. The molecule has 2 aromatic carbocycles. The molecule has 0 aliphatic rings. The Morgan fingerprint density at radius 2 is 1.92 bits per heavy atom. The van der Waals surface area contributed by atoms with E-state index in [1.807, 2.05) is 24.3 Å². The molecule has 0 saturated carbocycles. The van der Waals surface area contributed by atoms with Crippen LogP contribution in [0.15, 0.2) is 42.5 Å². The maximum absolute atomic E-state index is 12.0. The summed E-state index contributed by atoms with van der Waals surface area (Å²) in [6, 6.07) is 14.4. The van der Waals surface area contributed by atoms with Gasteiger partial charge in [0.2, 0.25) is 5.91 Å². The second-order valence-electron chi connectivity index (χ2n) is 6.23.